The van der Waals surface area contributed by atoms with Gasteiger partial charge in [0.05, 0.1) is 33.1 Å². The van der Waals surface area contributed by atoms with Crippen LogP contribution in [0.5, 0.6) is 0 Å². The molecule has 9 aromatic carbocycles. The number of aromatic nitrogens is 3. The second kappa shape index (κ2) is 11.6. The number of nitrogens with zero attached hydrogens (tertiary/aromatic N) is 3. The largest absolute Gasteiger partial charge is 0.309 e. The molecule has 3 heteroatoms. The molecule has 0 radical (unpaired) electrons. The smallest absolute Gasteiger partial charge is 0.0788 e. The molecular formula is C52H33N3. The number of fused-ring (bicyclic) bond motifs is 11. The summed E-state index contributed by atoms with van der Waals surface area (Å²) in [7, 11) is 0. The molecule has 3 aromatic heterocycles. The Morgan fingerprint density at radius 3 is 1.33 bits per heavy atom. The number of benzene rings is 9. The molecule has 0 fully saturated rings. The van der Waals surface area contributed by atoms with E-state index in [0.29, 0.717) is 0 Å². The predicted octanol–water partition coefficient (Wildman–Crippen LogP) is 13.8. The molecule has 0 saturated heterocycles. The van der Waals surface area contributed by atoms with E-state index < -0.39 is 0 Å². The van der Waals surface area contributed by atoms with E-state index in [1.54, 1.807) is 0 Å². The zero-order valence-corrected chi connectivity index (χ0v) is 29.9. The van der Waals surface area contributed by atoms with Gasteiger partial charge in [0.15, 0.2) is 0 Å². The lowest BCUT2D eigenvalue weighted by Crippen LogP contribution is -1.98. The molecule has 0 aliphatic heterocycles. The highest BCUT2D eigenvalue weighted by Gasteiger charge is 2.22. The van der Waals surface area contributed by atoms with E-state index in [1.807, 2.05) is 0 Å². The summed E-state index contributed by atoms with van der Waals surface area (Å²) in [6.45, 7) is 0. The second-order valence-corrected chi connectivity index (χ2v) is 14.6. The van der Waals surface area contributed by atoms with Gasteiger partial charge in [-0.1, -0.05) is 127 Å². The van der Waals surface area contributed by atoms with Crippen molar-refractivity contribution in [3.05, 3.63) is 200 Å². The minimum Gasteiger partial charge on any atom is -0.309 e. The molecule has 0 spiro atoms. The van der Waals surface area contributed by atoms with Gasteiger partial charge in [-0.15, -0.1) is 0 Å². The SMILES string of the molecule is c1ccc(-n2c3ccccc3c3ccc4c5cc(-c6ccc7c(c6)c6ccccc6n7-c6ccc7ccccc7c6)ccc5n(-c5ccccc5)c4c32)cc1. The maximum absolute atomic E-state index is 2.47. The fourth-order valence-corrected chi connectivity index (χ4v) is 9.17. The number of hydrogen-bond donors (Lipinski definition) is 0. The van der Waals surface area contributed by atoms with E-state index in [-0.39, 0.29) is 0 Å². The summed E-state index contributed by atoms with van der Waals surface area (Å²) < 4.78 is 7.33. The van der Waals surface area contributed by atoms with E-state index in [0.717, 1.165) is 11.4 Å². The van der Waals surface area contributed by atoms with Gasteiger partial charge in [-0.3, -0.25) is 0 Å². The number of para-hydroxylation sites is 4. The molecule has 0 unspecified atom stereocenters. The van der Waals surface area contributed by atoms with Gasteiger partial charge < -0.3 is 13.7 Å². The van der Waals surface area contributed by atoms with Crippen LogP contribution >= 0.6 is 0 Å². The fraction of sp³-hybridized carbons (Fsp3) is 0. The van der Waals surface area contributed by atoms with Crippen LogP contribution in [0.1, 0.15) is 0 Å². The van der Waals surface area contributed by atoms with E-state index >= 15 is 0 Å². The van der Waals surface area contributed by atoms with Crippen molar-refractivity contribution in [1.82, 2.24) is 13.7 Å². The third-order valence-corrected chi connectivity index (χ3v) is 11.6. The minimum atomic E-state index is 1.15. The molecule has 0 saturated carbocycles. The first kappa shape index (κ1) is 30.1. The Kier molecular flexibility index (Phi) is 6.34. The van der Waals surface area contributed by atoms with Crippen LogP contribution in [0.2, 0.25) is 0 Å². The van der Waals surface area contributed by atoms with Gasteiger partial charge in [-0.2, -0.15) is 0 Å². The summed E-state index contributed by atoms with van der Waals surface area (Å²) in [6, 6.07) is 73.2. The summed E-state index contributed by atoms with van der Waals surface area (Å²) in [6.07, 6.45) is 0. The monoisotopic (exact) mass is 699 g/mol. The summed E-state index contributed by atoms with van der Waals surface area (Å²) >= 11 is 0. The van der Waals surface area contributed by atoms with Gasteiger partial charge >= 0.3 is 0 Å². The highest BCUT2D eigenvalue weighted by Crippen LogP contribution is 2.43. The third-order valence-electron chi connectivity index (χ3n) is 11.6. The van der Waals surface area contributed by atoms with Gasteiger partial charge in [-0.25, -0.2) is 0 Å². The molecule has 12 rings (SSSR count). The molecule has 3 heterocycles. The highest BCUT2D eigenvalue weighted by atomic mass is 15.0. The van der Waals surface area contributed by atoms with E-state index in [9.17, 15) is 0 Å². The van der Waals surface area contributed by atoms with Gasteiger partial charge in [0, 0.05) is 49.4 Å². The molecular weight excluding hydrogens is 667 g/mol. The van der Waals surface area contributed by atoms with Crippen LogP contribution in [0.4, 0.5) is 0 Å². The summed E-state index contributed by atoms with van der Waals surface area (Å²) in [5.74, 6) is 0. The lowest BCUT2D eigenvalue weighted by Gasteiger charge is -2.12. The predicted molar refractivity (Wildman–Crippen MR) is 232 cm³/mol. The topological polar surface area (TPSA) is 14.8 Å². The Bertz CT molecular complexity index is 3470. The summed E-state index contributed by atoms with van der Waals surface area (Å²) in [5, 5.41) is 9.98. The van der Waals surface area contributed by atoms with Gasteiger partial charge in [0.2, 0.25) is 0 Å². The maximum Gasteiger partial charge on any atom is 0.0788 e. The summed E-state index contributed by atoms with van der Waals surface area (Å²) in [5.41, 5.74) is 13.1. The number of hydrogen-bond acceptors (Lipinski definition) is 0. The van der Waals surface area contributed by atoms with Crippen molar-refractivity contribution < 1.29 is 0 Å². The molecule has 55 heavy (non-hydrogen) atoms. The van der Waals surface area contributed by atoms with Crippen molar-refractivity contribution in [3.8, 4) is 28.2 Å². The van der Waals surface area contributed by atoms with E-state index in [4.69, 9.17) is 0 Å². The van der Waals surface area contributed by atoms with Crippen molar-refractivity contribution in [1.29, 1.82) is 0 Å². The molecule has 3 nitrogen and oxygen atoms in total. The van der Waals surface area contributed by atoms with Crippen molar-refractivity contribution in [3.63, 3.8) is 0 Å². The maximum atomic E-state index is 2.47. The molecule has 0 atom stereocenters. The Hall–Kier alpha value is -7.36. The number of rotatable bonds is 4. The first-order valence-corrected chi connectivity index (χ1v) is 18.9. The lowest BCUT2D eigenvalue weighted by molar-refractivity contribution is 1.15. The summed E-state index contributed by atoms with van der Waals surface area (Å²) in [4.78, 5) is 0. The standard InChI is InChI=1S/C52H33N3/c1-3-15-38(16-4-1)54-48-22-12-9-19-41(48)43-27-28-44-46-33-37(25-30-50(46)55(52(44)51(43)54)39-17-5-2-6-18-39)36-24-29-49-45(32-36)42-20-10-11-21-47(42)53(49)40-26-23-34-13-7-8-14-35(34)31-40/h1-33H. The van der Waals surface area contributed by atoms with Crippen LogP contribution in [0.3, 0.4) is 0 Å². The van der Waals surface area contributed by atoms with Gasteiger partial charge in [-0.05, 0) is 94.7 Å². The van der Waals surface area contributed by atoms with Crippen LogP contribution in [0.15, 0.2) is 200 Å². The van der Waals surface area contributed by atoms with Crippen molar-refractivity contribution in [2.75, 3.05) is 0 Å². The fourth-order valence-electron chi connectivity index (χ4n) is 9.17. The first-order chi connectivity index (χ1) is 27.3. The molecule has 0 N–H and O–H groups in total. The quantitative estimate of drug-likeness (QED) is 0.174. The average Bonchev–Trinajstić information content (AvgIpc) is 3.89. The molecule has 0 aliphatic carbocycles. The zero-order valence-electron chi connectivity index (χ0n) is 29.9. The Morgan fingerprint density at radius 1 is 0.236 bits per heavy atom. The average molecular weight is 700 g/mol. The molecule has 0 bridgehead atoms. The highest BCUT2D eigenvalue weighted by molar-refractivity contribution is 6.24. The molecule has 0 aliphatic rings. The molecule has 0 amide bonds. The van der Waals surface area contributed by atoms with Crippen molar-refractivity contribution >= 4 is 76.2 Å². The Balaban J connectivity index is 1.12. The van der Waals surface area contributed by atoms with Crippen LogP contribution in [0, 0.1) is 0 Å². The van der Waals surface area contributed by atoms with E-state index in [2.05, 4.69) is 214 Å². The lowest BCUT2D eigenvalue weighted by atomic mass is 10.0. The van der Waals surface area contributed by atoms with Crippen molar-refractivity contribution in [2.24, 2.45) is 0 Å². The van der Waals surface area contributed by atoms with Crippen LogP contribution < -0.4 is 0 Å². The van der Waals surface area contributed by atoms with Crippen LogP contribution in [0.25, 0.3) is 104 Å². The normalized spacial score (nSPS) is 12.0. The molecule has 12 aromatic rings. The minimum absolute atomic E-state index is 1.15. The van der Waals surface area contributed by atoms with Gasteiger partial charge in [0.1, 0.15) is 0 Å². The molecule has 256 valence electrons. The third kappa shape index (κ3) is 4.38. The van der Waals surface area contributed by atoms with Crippen molar-refractivity contribution in [2.45, 2.75) is 0 Å². The second-order valence-electron chi connectivity index (χ2n) is 14.6. The Labute approximate surface area is 317 Å². The van der Waals surface area contributed by atoms with E-state index in [1.165, 1.54) is 93.0 Å². The first-order valence-electron chi connectivity index (χ1n) is 18.9. The van der Waals surface area contributed by atoms with Crippen LogP contribution in [-0.4, -0.2) is 13.7 Å². The Morgan fingerprint density at radius 2 is 0.691 bits per heavy atom. The van der Waals surface area contributed by atoms with Crippen LogP contribution in [-0.2, 0) is 0 Å². The van der Waals surface area contributed by atoms with Gasteiger partial charge in [0.25, 0.3) is 0 Å². The zero-order chi connectivity index (χ0) is 36.0.